The van der Waals surface area contributed by atoms with Crippen LogP contribution in [0.1, 0.15) is 33.6 Å². The molecule has 0 aliphatic carbocycles. The fourth-order valence-corrected chi connectivity index (χ4v) is 2.67. The highest BCUT2D eigenvalue weighted by molar-refractivity contribution is 5.81. The SMILES string of the molecule is CCC(C(=O)NN)N1CC(C)CC(C)C1. The number of nitrogens with two attached hydrogens (primary N) is 1. The third-order valence-electron chi connectivity index (χ3n) is 3.17. The van der Waals surface area contributed by atoms with Crippen LogP contribution < -0.4 is 11.3 Å². The van der Waals surface area contributed by atoms with E-state index in [4.69, 9.17) is 5.84 Å². The van der Waals surface area contributed by atoms with Gasteiger partial charge in [-0.1, -0.05) is 20.8 Å². The number of hydrazine groups is 1. The first-order valence-electron chi connectivity index (χ1n) is 5.83. The minimum atomic E-state index is -0.0567. The maximum absolute atomic E-state index is 11.6. The Labute approximate surface area is 92.2 Å². The molecule has 3 N–H and O–H groups in total. The van der Waals surface area contributed by atoms with Gasteiger partial charge in [-0.2, -0.15) is 0 Å². The van der Waals surface area contributed by atoms with E-state index in [2.05, 4.69) is 24.2 Å². The number of carbonyl (C=O) groups excluding carboxylic acids is 1. The fraction of sp³-hybridized carbons (Fsp3) is 0.909. The van der Waals surface area contributed by atoms with Gasteiger partial charge in [-0.3, -0.25) is 15.1 Å². The molecule has 15 heavy (non-hydrogen) atoms. The summed E-state index contributed by atoms with van der Waals surface area (Å²) in [6.07, 6.45) is 2.08. The van der Waals surface area contributed by atoms with Crippen LogP contribution in [0.3, 0.4) is 0 Å². The van der Waals surface area contributed by atoms with Crippen molar-refractivity contribution in [3.05, 3.63) is 0 Å². The first kappa shape index (κ1) is 12.5. The molecule has 0 aromatic rings. The highest BCUT2D eigenvalue weighted by Gasteiger charge is 2.29. The Morgan fingerprint density at radius 2 is 2.00 bits per heavy atom. The highest BCUT2D eigenvalue weighted by atomic mass is 16.2. The number of hydrogen-bond acceptors (Lipinski definition) is 3. The summed E-state index contributed by atoms with van der Waals surface area (Å²) in [4.78, 5) is 13.8. The molecule has 0 radical (unpaired) electrons. The molecule has 88 valence electrons. The number of carbonyl (C=O) groups is 1. The Balaban J connectivity index is 2.63. The van der Waals surface area contributed by atoms with Gasteiger partial charge in [0.05, 0.1) is 6.04 Å². The lowest BCUT2D eigenvalue weighted by atomic mass is 9.90. The number of rotatable bonds is 3. The number of amides is 1. The summed E-state index contributed by atoms with van der Waals surface area (Å²) in [5.41, 5.74) is 2.26. The third-order valence-corrected chi connectivity index (χ3v) is 3.17. The molecule has 1 amide bonds. The molecular weight excluding hydrogens is 190 g/mol. The molecule has 1 heterocycles. The van der Waals surface area contributed by atoms with E-state index in [1.54, 1.807) is 0 Å². The second kappa shape index (κ2) is 5.47. The zero-order valence-corrected chi connectivity index (χ0v) is 9.99. The monoisotopic (exact) mass is 213 g/mol. The Morgan fingerprint density at radius 1 is 1.47 bits per heavy atom. The number of hydrogen-bond donors (Lipinski definition) is 2. The molecule has 3 unspecified atom stereocenters. The second-order valence-electron chi connectivity index (χ2n) is 4.83. The van der Waals surface area contributed by atoms with Crippen LogP contribution in [0.5, 0.6) is 0 Å². The van der Waals surface area contributed by atoms with Crippen LogP contribution >= 0.6 is 0 Å². The average molecular weight is 213 g/mol. The van der Waals surface area contributed by atoms with E-state index < -0.39 is 0 Å². The summed E-state index contributed by atoms with van der Waals surface area (Å²) in [7, 11) is 0. The maximum atomic E-state index is 11.6. The summed E-state index contributed by atoms with van der Waals surface area (Å²) in [5.74, 6) is 6.49. The summed E-state index contributed by atoms with van der Waals surface area (Å²) in [5, 5.41) is 0. The first-order chi connectivity index (χ1) is 7.08. The number of likely N-dealkylation sites (tertiary alicyclic amines) is 1. The van der Waals surface area contributed by atoms with Gasteiger partial charge < -0.3 is 0 Å². The van der Waals surface area contributed by atoms with Crippen molar-refractivity contribution < 1.29 is 4.79 Å². The van der Waals surface area contributed by atoms with Gasteiger partial charge >= 0.3 is 0 Å². The fourth-order valence-electron chi connectivity index (χ4n) is 2.67. The summed E-state index contributed by atoms with van der Waals surface area (Å²) in [6.45, 7) is 8.54. The molecule has 0 aromatic carbocycles. The minimum absolute atomic E-state index is 0.0554. The Bertz CT molecular complexity index is 210. The summed E-state index contributed by atoms with van der Waals surface area (Å²) in [6, 6.07) is -0.0554. The molecule has 1 rings (SSSR count). The van der Waals surface area contributed by atoms with Crippen LogP contribution in [0.2, 0.25) is 0 Å². The van der Waals surface area contributed by atoms with Crippen LogP contribution in [0, 0.1) is 11.8 Å². The molecule has 1 aliphatic heterocycles. The molecule has 3 atom stereocenters. The zero-order chi connectivity index (χ0) is 11.4. The van der Waals surface area contributed by atoms with Crippen molar-refractivity contribution in [2.45, 2.75) is 39.7 Å². The van der Waals surface area contributed by atoms with E-state index in [-0.39, 0.29) is 11.9 Å². The summed E-state index contributed by atoms with van der Waals surface area (Å²) >= 11 is 0. The van der Waals surface area contributed by atoms with E-state index >= 15 is 0 Å². The van der Waals surface area contributed by atoms with Crippen LogP contribution in [-0.4, -0.2) is 29.9 Å². The third kappa shape index (κ3) is 3.18. The van der Waals surface area contributed by atoms with Crippen LogP contribution in [-0.2, 0) is 4.79 Å². The van der Waals surface area contributed by atoms with E-state index in [1.165, 1.54) is 6.42 Å². The zero-order valence-electron chi connectivity index (χ0n) is 9.99. The van der Waals surface area contributed by atoms with Crippen LogP contribution in [0.4, 0.5) is 0 Å². The second-order valence-corrected chi connectivity index (χ2v) is 4.83. The van der Waals surface area contributed by atoms with Crippen molar-refractivity contribution in [3.8, 4) is 0 Å². The first-order valence-corrected chi connectivity index (χ1v) is 5.83. The molecule has 4 heteroatoms. The topological polar surface area (TPSA) is 58.4 Å². The average Bonchev–Trinajstić information content (AvgIpc) is 2.17. The maximum Gasteiger partial charge on any atom is 0.251 e. The van der Waals surface area contributed by atoms with Crippen LogP contribution in [0.15, 0.2) is 0 Å². The van der Waals surface area contributed by atoms with Crippen molar-refractivity contribution in [2.24, 2.45) is 17.7 Å². The standard InChI is InChI=1S/C11H23N3O/c1-4-10(11(15)13-12)14-6-8(2)5-9(3)7-14/h8-10H,4-7,12H2,1-3H3,(H,13,15). The lowest BCUT2D eigenvalue weighted by molar-refractivity contribution is -0.127. The Hall–Kier alpha value is -0.610. The number of piperidine rings is 1. The van der Waals surface area contributed by atoms with Gasteiger partial charge in [0.1, 0.15) is 0 Å². The quantitative estimate of drug-likeness (QED) is 0.413. The van der Waals surface area contributed by atoms with Crippen LogP contribution in [0.25, 0.3) is 0 Å². The number of nitrogens with zero attached hydrogens (tertiary/aromatic N) is 1. The normalized spacial score (nSPS) is 29.9. The molecule has 0 aromatic heterocycles. The van der Waals surface area contributed by atoms with Gasteiger partial charge in [0.15, 0.2) is 0 Å². The van der Waals surface area contributed by atoms with E-state index in [0.717, 1.165) is 19.5 Å². The predicted octanol–water partition coefficient (Wildman–Crippen LogP) is 0.733. The largest absolute Gasteiger partial charge is 0.293 e. The predicted molar refractivity (Wildman–Crippen MR) is 60.9 cm³/mol. The minimum Gasteiger partial charge on any atom is -0.293 e. The van der Waals surface area contributed by atoms with E-state index in [0.29, 0.717) is 11.8 Å². The van der Waals surface area contributed by atoms with Crippen molar-refractivity contribution in [1.29, 1.82) is 0 Å². The Morgan fingerprint density at radius 3 is 2.40 bits per heavy atom. The van der Waals surface area contributed by atoms with Gasteiger partial charge in [-0.15, -0.1) is 0 Å². The van der Waals surface area contributed by atoms with Crippen molar-refractivity contribution in [2.75, 3.05) is 13.1 Å². The van der Waals surface area contributed by atoms with Gasteiger partial charge in [-0.25, -0.2) is 5.84 Å². The molecule has 0 bridgehead atoms. The smallest absolute Gasteiger partial charge is 0.251 e. The van der Waals surface area contributed by atoms with Gasteiger partial charge in [0, 0.05) is 13.1 Å². The molecule has 0 saturated carbocycles. The van der Waals surface area contributed by atoms with Crippen molar-refractivity contribution >= 4 is 5.91 Å². The molecular formula is C11H23N3O. The van der Waals surface area contributed by atoms with E-state index in [9.17, 15) is 4.79 Å². The molecule has 0 spiro atoms. The Kier molecular flexibility index (Phi) is 4.54. The summed E-state index contributed by atoms with van der Waals surface area (Å²) < 4.78 is 0. The van der Waals surface area contributed by atoms with Crippen molar-refractivity contribution in [1.82, 2.24) is 10.3 Å². The molecule has 1 saturated heterocycles. The lowest BCUT2D eigenvalue weighted by Gasteiger charge is -2.38. The van der Waals surface area contributed by atoms with Crippen molar-refractivity contribution in [3.63, 3.8) is 0 Å². The molecule has 1 fully saturated rings. The van der Waals surface area contributed by atoms with Gasteiger partial charge in [0.2, 0.25) is 0 Å². The number of nitrogens with one attached hydrogen (secondary N) is 1. The van der Waals surface area contributed by atoms with E-state index in [1.807, 2.05) is 6.92 Å². The van der Waals surface area contributed by atoms with Gasteiger partial charge in [0.25, 0.3) is 5.91 Å². The van der Waals surface area contributed by atoms with Gasteiger partial charge in [-0.05, 0) is 24.7 Å². The highest BCUT2D eigenvalue weighted by Crippen LogP contribution is 2.23. The molecule has 4 nitrogen and oxygen atoms in total. The molecule has 1 aliphatic rings. The lowest BCUT2D eigenvalue weighted by Crippen LogP contribution is -2.53.